The normalized spacial score (nSPS) is 20.4. The average molecular weight is 356 g/mol. The third kappa shape index (κ3) is 6.92. The monoisotopic (exact) mass is 356 g/mol. The van der Waals surface area contributed by atoms with Crippen LogP contribution in [-0.2, 0) is 14.3 Å². The fourth-order valence-electron chi connectivity index (χ4n) is 2.89. The Kier molecular flexibility index (Phi) is 7.70. The number of rotatable bonds is 8. The van der Waals surface area contributed by atoms with Gasteiger partial charge in [-0.05, 0) is 27.2 Å². The zero-order valence-electron chi connectivity index (χ0n) is 15.9. The molecule has 0 spiro atoms. The third-order valence-corrected chi connectivity index (χ3v) is 4.27. The first kappa shape index (κ1) is 21.3. The van der Waals surface area contributed by atoms with E-state index in [0.29, 0.717) is 13.0 Å². The van der Waals surface area contributed by atoms with Crippen LogP contribution in [-0.4, -0.2) is 52.2 Å². The van der Waals surface area contributed by atoms with Gasteiger partial charge in [-0.3, -0.25) is 4.79 Å². The molecule has 1 aliphatic heterocycles. The molecule has 1 unspecified atom stereocenters. The van der Waals surface area contributed by atoms with Crippen LogP contribution in [0.25, 0.3) is 0 Å². The SMILES string of the molecule is CCCCCCCC(=O)N1CCC(NC(=O)OC(C)(C)C)(C(=O)O)C1. The van der Waals surface area contributed by atoms with Gasteiger partial charge in [-0.25, -0.2) is 9.59 Å². The summed E-state index contributed by atoms with van der Waals surface area (Å²) in [7, 11) is 0. The lowest BCUT2D eigenvalue weighted by Gasteiger charge is -2.28. The van der Waals surface area contributed by atoms with E-state index in [4.69, 9.17) is 4.74 Å². The van der Waals surface area contributed by atoms with E-state index in [-0.39, 0.29) is 18.9 Å². The number of likely N-dealkylation sites (tertiary alicyclic amines) is 1. The summed E-state index contributed by atoms with van der Waals surface area (Å²) in [5.74, 6) is -1.19. The van der Waals surface area contributed by atoms with Gasteiger partial charge in [0.05, 0.1) is 6.54 Å². The van der Waals surface area contributed by atoms with Gasteiger partial charge in [0.25, 0.3) is 0 Å². The Morgan fingerprint density at radius 1 is 1.16 bits per heavy atom. The summed E-state index contributed by atoms with van der Waals surface area (Å²) in [6, 6.07) is 0. The summed E-state index contributed by atoms with van der Waals surface area (Å²) in [4.78, 5) is 37.5. The van der Waals surface area contributed by atoms with Crippen molar-refractivity contribution in [2.75, 3.05) is 13.1 Å². The van der Waals surface area contributed by atoms with Crippen molar-refractivity contribution in [3.05, 3.63) is 0 Å². The van der Waals surface area contributed by atoms with Gasteiger partial charge in [0, 0.05) is 19.4 Å². The standard InChI is InChI=1S/C18H32N2O5/c1-5-6-7-8-9-10-14(21)20-12-11-18(13-20,15(22)23)19-16(24)25-17(2,3)4/h5-13H2,1-4H3,(H,19,24)(H,22,23). The Labute approximate surface area is 150 Å². The highest BCUT2D eigenvalue weighted by molar-refractivity contribution is 5.87. The summed E-state index contributed by atoms with van der Waals surface area (Å²) in [6.45, 7) is 7.58. The summed E-state index contributed by atoms with van der Waals surface area (Å²) >= 11 is 0. The first-order chi connectivity index (χ1) is 11.6. The number of carbonyl (C=O) groups excluding carboxylic acids is 2. The van der Waals surface area contributed by atoms with Crippen LogP contribution in [0.3, 0.4) is 0 Å². The summed E-state index contributed by atoms with van der Waals surface area (Å²) < 4.78 is 5.16. The van der Waals surface area contributed by atoms with Gasteiger partial charge in [-0.15, -0.1) is 0 Å². The van der Waals surface area contributed by atoms with Gasteiger partial charge < -0.3 is 20.1 Å². The van der Waals surface area contributed by atoms with Crippen LogP contribution in [0.2, 0.25) is 0 Å². The van der Waals surface area contributed by atoms with Crippen molar-refractivity contribution in [2.45, 2.75) is 83.8 Å². The van der Waals surface area contributed by atoms with Crippen molar-refractivity contribution in [1.82, 2.24) is 10.2 Å². The zero-order valence-corrected chi connectivity index (χ0v) is 15.9. The molecule has 1 rings (SSSR count). The molecule has 1 heterocycles. The fourth-order valence-corrected chi connectivity index (χ4v) is 2.89. The lowest BCUT2D eigenvalue weighted by Crippen LogP contribution is -2.57. The maximum atomic E-state index is 12.3. The number of nitrogens with zero attached hydrogens (tertiary/aromatic N) is 1. The van der Waals surface area contributed by atoms with Gasteiger partial charge in [-0.2, -0.15) is 0 Å². The molecule has 0 saturated carbocycles. The summed E-state index contributed by atoms with van der Waals surface area (Å²) in [5, 5.41) is 12.0. The topological polar surface area (TPSA) is 95.9 Å². The summed E-state index contributed by atoms with van der Waals surface area (Å²) in [5.41, 5.74) is -2.18. The van der Waals surface area contributed by atoms with Crippen LogP contribution in [0.15, 0.2) is 0 Å². The number of hydrogen-bond donors (Lipinski definition) is 2. The van der Waals surface area contributed by atoms with E-state index in [2.05, 4.69) is 12.2 Å². The maximum Gasteiger partial charge on any atom is 0.408 e. The number of amides is 2. The van der Waals surface area contributed by atoms with Crippen LogP contribution < -0.4 is 5.32 Å². The van der Waals surface area contributed by atoms with E-state index in [0.717, 1.165) is 25.7 Å². The second-order valence-corrected chi connectivity index (χ2v) is 7.74. The van der Waals surface area contributed by atoms with E-state index >= 15 is 0 Å². The van der Waals surface area contributed by atoms with E-state index < -0.39 is 23.2 Å². The van der Waals surface area contributed by atoms with Crippen molar-refractivity contribution in [1.29, 1.82) is 0 Å². The molecule has 0 aromatic rings. The Bertz CT molecular complexity index is 486. The Morgan fingerprint density at radius 3 is 2.36 bits per heavy atom. The van der Waals surface area contributed by atoms with Crippen molar-refractivity contribution in [3.8, 4) is 0 Å². The molecule has 1 aliphatic rings. The van der Waals surface area contributed by atoms with Crippen molar-refractivity contribution >= 4 is 18.0 Å². The lowest BCUT2D eigenvalue weighted by atomic mass is 9.99. The molecule has 0 radical (unpaired) electrons. The van der Waals surface area contributed by atoms with E-state index in [1.165, 1.54) is 11.3 Å². The number of carboxylic acids is 1. The molecule has 0 aromatic heterocycles. The van der Waals surface area contributed by atoms with Crippen molar-refractivity contribution < 1.29 is 24.2 Å². The number of alkyl carbamates (subject to hydrolysis) is 1. The number of nitrogens with one attached hydrogen (secondary N) is 1. The Balaban J connectivity index is 2.57. The number of carbonyl (C=O) groups is 3. The molecule has 25 heavy (non-hydrogen) atoms. The predicted molar refractivity (Wildman–Crippen MR) is 94.3 cm³/mol. The molecule has 0 aliphatic carbocycles. The van der Waals surface area contributed by atoms with Crippen LogP contribution >= 0.6 is 0 Å². The third-order valence-electron chi connectivity index (χ3n) is 4.27. The number of aliphatic carboxylic acids is 1. The highest BCUT2D eigenvalue weighted by Crippen LogP contribution is 2.24. The quantitative estimate of drug-likeness (QED) is 0.652. The van der Waals surface area contributed by atoms with E-state index in [1.807, 2.05) is 0 Å². The molecule has 144 valence electrons. The number of carboxylic acid groups (broad SMARTS) is 1. The number of ether oxygens (including phenoxy) is 1. The van der Waals surface area contributed by atoms with Gasteiger partial charge in [0.15, 0.2) is 5.54 Å². The Hall–Kier alpha value is -1.79. The lowest BCUT2D eigenvalue weighted by molar-refractivity contribution is -0.144. The van der Waals surface area contributed by atoms with Gasteiger partial charge in [-0.1, -0.05) is 32.6 Å². The first-order valence-electron chi connectivity index (χ1n) is 9.12. The minimum atomic E-state index is -1.47. The molecule has 0 aromatic carbocycles. The highest BCUT2D eigenvalue weighted by atomic mass is 16.6. The second-order valence-electron chi connectivity index (χ2n) is 7.74. The Morgan fingerprint density at radius 2 is 1.80 bits per heavy atom. The fraction of sp³-hybridized carbons (Fsp3) is 0.833. The van der Waals surface area contributed by atoms with Crippen molar-refractivity contribution in [3.63, 3.8) is 0 Å². The van der Waals surface area contributed by atoms with E-state index in [9.17, 15) is 19.5 Å². The smallest absolute Gasteiger partial charge is 0.408 e. The number of hydrogen-bond acceptors (Lipinski definition) is 4. The van der Waals surface area contributed by atoms with Crippen LogP contribution in [0.1, 0.15) is 72.6 Å². The van der Waals surface area contributed by atoms with Gasteiger partial charge in [0.1, 0.15) is 5.60 Å². The molecule has 2 N–H and O–H groups in total. The second kappa shape index (κ2) is 9.06. The highest BCUT2D eigenvalue weighted by Gasteiger charge is 2.48. The first-order valence-corrected chi connectivity index (χ1v) is 9.12. The molecular weight excluding hydrogens is 324 g/mol. The molecule has 2 amide bonds. The molecule has 7 nitrogen and oxygen atoms in total. The molecule has 1 saturated heterocycles. The average Bonchev–Trinajstić information content (AvgIpc) is 2.90. The van der Waals surface area contributed by atoms with Crippen LogP contribution in [0.5, 0.6) is 0 Å². The largest absolute Gasteiger partial charge is 0.479 e. The van der Waals surface area contributed by atoms with Crippen LogP contribution in [0.4, 0.5) is 4.79 Å². The minimum Gasteiger partial charge on any atom is -0.479 e. The van der Waals surface area contributed by atoms with Crippen molar-refractivity contribution in [2.24, 2.45) is 0 Å². The maximum absolute atomic E-state index is 12.3. The minimum absolute atomic E-state index is 0.0185. The predicted octanol–water partition coefficient (Wildman–Crippen LogP) is 2.93. The molecule has 1 atom stereocenters. The molecule has 1 fully saturated rings. The molecule has 0 bridgehead atoms. The summed E-state index contributed by atoms with van der Waals surface area (Å²) in [6.07, 6.45) is 5.08. The number of unbranched alkanes of at least 4 members (excludes halogenated alkanes) is 4. The van der Waals surface area contributed by atoms with Gasteiger partial charge >= 0.3 is 12.1 Å². The van der Waals surface area contributed by atoms with Gasteiger partial charge in [0.2, 0.25) is 5.91 Å². The molecule has 7 heteroatoms. The zero-order chi connectivity index (χ0) is 19.1. The van der Waals surface area contributed by atoms with Crippen LogP contribution in [0, 0.1) is 0 Å². The molecular formula is C18H32N2O5. The van der Waals surface area contributed by atoms with E-state index in [1.54, 1.807) is 20.8 Å².